The Hall–Kier alpha value is -0.610. The van der Waals surface area contributed by atoms with Gasteiger partial charge in [0.2, 0.25) is 5.91 Å². The van der Waals surface area contributed by atoms with E-state index in [1.165, 1.54) is 0 Å². The van der Waals surface area contributed by atoms with Crippen molar-refractivity contribution in [2.45, 2.75) is 56.7 Å². The maximum atomic E-state index is 11.3. The van der Waals surface area contributed by atoms with Gasteiger partial charge in [-0.1, -0.05) is 0 Å². The van der Waals surface area contributed by atoms with Crippen LogP contribution in [0.3, 0.4) is 0 Å². The number of nitrogens with two attached hydrogens (primary N) is 2. The van der Waals surface area contributed by atoms with Crippen LogP contribution < -0.4 is 11.5 Å². The molecule has 1 atom stereocenters. The summed E-state index contributed by atoms with van der Waals surface area (Å²) in [5, 5.41) is 0. The van der Waals surface area contributed by atoms with Crippen LogP contribution in [0.15, 0.2) is 0 Å². The highest BCUT2D eigenvalue weighted by atomic mass is 16.1. The summed E-state index contributed by atoms with van der Waals surface area (Å²) in [5.74, 6) is -0.151. The van der Waals surface area contributed by atoms with E-state index in [1.54, 1.807) is 0 Å². The second-order valence-corrected chi connectivity index (χ2v) is 4.87. The van der Waals surface area contributed by atoms with Crippen LogP contribution in [-0.4, -0.2) is 35.5 Å². The van der Waals surface area contributed by atoms with E-state index in [-0.39, 0.29) is 11.9 Å². The van der Waals surface area contributed by atoms with Gasteiger partial charge in [0, 0.05) is 12.1 Å². The van der Waals surface area contributed by atoms with Gasteiger partial charge in [-0.15, -0.1) is 0 Å². The molecule has 2 aliphatic rings. The molecule has 0 radical (unpaired) electrons. The van der Waals surface area contributed by atoms with Crippen molar-refractivity contribution in [1.29, 1.82) is 0 Å². The lowest BCUT2D eigenvalue weighted by molar-refractivity contribution is -0.123. The van der Waals surface area contributed by atoms with E-state index in [0.717, 1.165) is 45.1 Å². The first-order chi connectivity index (χ1) is 7.18. The van der Waals surface area contributed by atoms with Gasteiger partial charge in [0.25, 0.3) is 0 Å². The van der Waals surface area contributed by atoms with E-state index < -0.39 is 0 Å². The van der Waals surface area contributed by atoms with Gasteiger partial charge in [-0.2, -0.15) is 0 Å². The molecule has 4 nitrogen and oxygen atoms in total. The smallest absolute Gasteiger partial charge is 0.234 e. The molecule has 86 valence electrons. The van der Waals surface area contributed by atoms with Crippen LogP contribution in [0.25, 0.3) is 0 Å². The molecule has 2 rings (SSSR count). The Morgan fingerprint density at radius 3 is 2.40 bits per heavy atom. The van der Waals surface area contributed by atoms with Crippen LogP contribution in [-0.2, 0) is 4.79 Å². The second-order valence-electron chi connectivity index (χ2n) is 4.87. The first-order valence-corrected chi connectivity index (χ1v) is 5.99. The van der Waals surface area contributed by atoms with Gasteiger partial charge in [-0.3, -0.25) is 9.69 Å². The highest BCUT2D eigenvalue weighted by Crippen LogP contribution is 2.28. The number of likely N-dealkylation sites (tertiary alicyclic amines) is 1. The number of primary amides is 1. The highest BCUT2D eigenvalue weighted by Gasteiger charge is 2.35. The van der Waals surface area contributed by atoms with Crippen molar-refractivity contribution in [3.05, 3.63) is 0 Å². The molecule has 0 aromatic rings. The molecule has 4 N–H and O–H groups in total. The summed E-state index contributed by atoms with van der Waals surface area (Å²) in [5.41, 5.74) is 11.3. The van der Waals surface area contributed by atoms with Gasteiger partial charge >= 0.3 is 0 Å². The third-order valence-electron chi connectivity index (χ3n) is 3.83. The number of rotatable bonds is 2. The van der Waals surface area contributed by atoms with E-state index in [4.69, 9.17) is 11.5 Å². The van der Waals surface area contributed by atoms with E-state index in [1.807, 2.05) is 0 Å². The van der Waals surface area contributed by atoms with Crippen molar-refractivity contribution in [3.8, 4) is 0 Å². The van der Waals surface area contributed by atoms with Gasteiger partial charge in [0.15, 0.2) is 0 Å². The predicted octanol–water partition coefficient (Wildman–Crippen LogP) is 0.206. The number of hydrogen-bond acceptors (Lipinski definition) is 3. The minimum absolute atomic E-state index is 0.00988. The SMILES string of the molecule is NC(=O)C1CCCN1C1CCC(N)CC1. The Kier molecular flexibility index (Phi) is 3.26. The zero-order valence-electron chi connectivity index (χ0n) is 9.19. The van der Waals surface area contributed by atoms with Gasteiger partial charge in [0.1, 0.15) is 0 Å². The fourth-order valence-electron chi connectivity index (χ4n) is 2.96. The summed E-state index contributed by atoms with van der Waals surface area (Å²) in [6, 6.07) is 0.907. The lowest BCUT2D eigenvalue weighted by Gasteiger charge is -2.36. The molecule has 1 saturated heterocycles. The lowest BCUT2D eigenvalue weighted by atomic mass is 9.90. The monoisotopic (exact) mass is 211 g/mol. The Morgan fingerprint density at radius 2 is 1.80 bits per heavy atom. The van der Waals surface area contributed by atoms with Crippen molar-refractivity contribution >= 4 is 5.91 Å². The molecule has 1 heterocycles. The molecular formula is C11H21N3O. The molecule has 0 aromatic carbocycles. The first kappa shape index (κ1) is 10.9. The van der Waals surface area contributed by atoms with Gasteiger partial charge in [0.05, 0.1) is 6.04 Å². The predicted molar refractivity (Wildman–Crippen MR) is 59.2 cm³/mol. The van der Waals surface area contributed by atoms with Gasteiger partial charge < -0.3 is 11.5 Å². The number of carbonyl (C=O) groups excluding carboxylic acids is 1. The molecule has 0 aromatic heterocycles. The summed E-state index contributed by atoms with van der Waals surface area (Å²) < 4.78 is 0. The largest absolute Gasteiger partial charge is 0.368 e. The Labute approximate surface area is 91.0 Å². The zero-order valence-corrected chi connectivity index (χ0v) is 9.19. The van der Waals surface area contributed by atoms with Crippen LogP contribution in [0.2, 0.25) is 0 Å². The number of nitrogens with zero attached hydrogens (tertiary/aromatic N) is 1. The molecule has 0 bridgehead atoms. The third kappa shape index (κ3) is 2.32. The van der Waals surface area contributed by atoms with Crippen LogP contribution in [0.1, 0.15) is 38.5 Å². The highest BCUT2D eigenvalue weighted by molar-refractivity contribution is 5.80. The molecular weight excluding hydrogens is 190 g/mol. The average molecular weight is 211 g/mol. The van der Waals surface area contributed by atoms with Crippen molar-refractivity contribution in [1.82, 2.24) is 4.90 Å². The first-order valence-electron chi connectivity index (χ1n) is 5.99. The average Bonchev–Trinajstić information content (AvgIpc) is 2.67. The Morgan fingerprint density at radius 1 is 1.13 bits per heavy atom. The molecule has 1 unspecified atom stereocenters. The van der Waals surface area contributed by atoms with E-state index >= 15 is 0 Å². The maximum absolute atomic E-state index is 11.3. The molecule has 1 amide bonds. The Balaban J connectivity index is 1.94. The Bertz CT molecular complexity index is 236. The minimum atomic E-state index is -0.151. The molecule has 1 aliphatic carbocycles. The van der Waals surface area contributed by atoms with Crippen LogP contribution in [0.5, 0.6) is 0 Å². The van der Waals surface area contributed by atoms with Crippen LogP contribution >= 0.6 is 0 Å². The normalized spacial score (nSPS) is 38.1. The minimum Gasteiger partial charge on any atom is -0.368 e. The third-order valence-corrected chi connectivity index (χ3v) is 3.83. The number of amides is 1. The quantitative estimate of drug-likeness (QED) is 0.685. The fourth-order valence-corrected chi connectivity index (χ4v) is 2.96. The molecule has 4 heteroatoms. The van der Waals surface area contributed by atoms with Crippen molar-refractivity contribution in [2.75, 3.05) is 6.54 Å². The van der Waals surface area contributed by atoms with Crippen molar-refractivity contribution in [2.24, 2.45) is 11.5 Å². The summed E-state index contributed by atoms with van der Waals surface area (Å²) >= 11 is 0. The van der Waals surface area contributed by atoms with Crippen LogP contribution in [0, 0.1) is 0 Å². The molecule has 2 fully saturated rings. The maximum Gasteiger partial charge on any atom is 0.234 e. The van der Waals surface area contributed by atoms with E-state index in [2.05, 4.69) is 4.90 Å². The number of carbonyl (C=O) groups is 1. The summed E-state index contributed by atoms with van der Waals surface area (Å²) in [6.07, 6.45) is 6.49. The van der Waals surface area contributed by atoms with Gasteiger partial charge in [-0.05, 0) is 45.1 Å². The molecule has 15 heavy (non-hydrogen) atoms. The standard InChI is InChI=1S/C11H21N3O/c12-8-3-5-9(6-4-8)14-7-1-2-10(14)11(13)15/h8-10H,1-7,12H2,(H2,13,15). The summed E-state index contributed by atoms with van der Waals surface area (Å²) in [6.45, 7) is 1.04. The molecule has 0 spiro atoms. The van der Waals surface area contributed by atoms with Crippen LogP contribution in [0.4, 0.5) is 0 Å². The summed E-state index contributed by atoms with van der Waals surface area (Å²) in [4.78, 5) is 13.6. The topological polar surface area (TPSA) is 72.4 Å². The van der Waals surface area contributed by atoms with E-state index in [9.17, 15) is 4.79 Å². The second kappa shape index (κ2) is 4.49. The van der Waals surface area contributed by atoms with Gasteiger partial charge in [-0.25, -0.2) is 0 Å². The molecule has 1 saturated carbocycles. The molecule has 1 aliphatic heterocycles. The van der Waals surface area contributed by atoms with Crippen molar-refractivity contribution < 1.29 is 4.79 Å². The van der Waals surface area contributed by atoms with Crippen molar-refractivity contribution in [3.63, 3.8) is 0 Å². The van der Waals surface area contributed by atoms with E-state index in [0.29, 0.717) is 12.1 Å². The lowest BCUT2D eigenvalue weighted by Crippen LogP contribution is -2.48. The number of hydrogen-bond donors (Lipinski definition) is 2. The summed E-state index contributed by atoms with van der Waals surface area (Å²) in [7, 11) is 0. The zero-order chi connectivity index (χ0) is 10.8. The fraction of sp³-hybridized carbons (Fsp3) is 0.909.